The SMILES string of the molecule is COc1ccc2c(c1C1CCN(CC3CCCCC3)CC1)n(C)c(=O)n2C1CCC(=O)N(C)C1=O. The minimum absolute atomic E-state index is 0.193. The molecule has 190 valence electrons. The van der Waals surface area contributed by atoms with Crippen molar-refractivity contribution in [3.63, 3.8) is 0 Å². The third-order valence-electron chi connectivity index (χ3n) is 8.63. The second kappa shape index (κ2) is 9.80. The summed E-state index contributed by atoms with van der Waals surface area (Å²) in [5.74, 6) is 1.43. The summed E-state index contributed by atoms with van der Waals surface area (Å²) >= 11 is 0. The van der Waals surface area contributed by atoms with E-state index in [9.17, 15) is 14.4 Å². The zero-order valence-corrected chi connectivity index (χ0v) is 21.3. The number of hydrogen-bond donors (Lipinski definition) is 0. The Hall–Kier alpha value is -2.61. The fourth-order valence-electron chi connectivity index (χ4n) is 6.64. The monoisotopic (exact) mass is 482 g/mol. The first-order valence-corrected chi connectivity index (χ1v) is 13.2. The normalized spacial score (nSPS) is 23.4. The molecule has 5 rings (SSSR count). The molecule has 0 radical (unpaired) electrons. The van der Waals surface area contributed by atoms with E-state index in [1.54, 1.807) is 23.3 Å². The third-order valence-corrected chi connectivity index (χ3v) is 8.63. The van der Waals surface area contributed by atoms with Crippen LogP contribution in [-0.4, -0.2) is 64.5 Å². The molecule has 1 aliphatic carbocycles. The Kier molecular flexibility index (Phi) is 6.75. The Balaban J connectivity index is 1.46. The maximum atomic E-state index is 13.5. The Bertz CT molecular complexity index is 1170. The lowest BCUT2D eigenvalue weighted by Gasteiger charge is -2.36. The number of benzene rings is 1. The van der Waals surface area contributed by atoms with E-state index in [-0.39, 0.29) is 23.9 Å². The van der Waals surface area contributed by atoms with Crippen LogP contribution in [0.4, 0.5) is 0 Å². The molecule has 0 spiro atoms. The second-order valence-electron chi connectivity index (χ2n) is 10.7. The van der Waals surface area contributed by atoms with Gasteiger partial charge in [0.1, 0.15) is 11.8 Å². The van der Waals surface area contributed by atoms with E-state index >= 15 is 0 Å². The average molecular weight is 483 g/mol. The number of fused-ring (bicyclic) bond motifs is 1. The summed E-state index contributed by atoms with van der Waals surface area (Å²) in [6.07, 6.45) is 9.53. The van der Waals surface area contributed by atoms with Crippen molar-refractivity contribution in [1.82, 2.24) is 18.9 Å². The number of amides is 2. The lowest BCUT2D eigenvalue weighted by molar-refractivity contribution is -0.149. The van der Waals surface area contributed by atoms with Crippen LogP contribution in [0.2, 0.25) is 0 Å². The zero-order valence-electron chi connectivity index (χ0n) is 21.3. The number of likely N-dealkylation sites (tertiary alicyclic amines) is 2. The number of carbonyl (C=O) groups is 2. The van der Waals surface area contributed by atoms with Gasteiger partial charge in [0.05, 0.1) is 18.1 Å². The van der Waals surface area contributed by atoms with Gasteiger partial charge in [-0.05, 0) is 69.2 Å². The highest BCUT2D eigenvalue weighted by Crippen LogP contribution is 2.40. The van der Waals surface area contributed by atoms with E-state index < -0.39 is 6.04 Å². The number of aryl methyl sites for hydroxylation is 1. The summed E-state index contributed by atoms with van der Waals surface area (Å²) in [4.78, 5) is 42.2. The van der Waals surface area contributed by atoms with Gasteiger partial charge in [0.15, 0.2) is 0 Å². The van der Waals surface area contributed by atoms with Crippen LogP contribution in [0.5, 0.6) is 5.75 Å². The number of hydrogen-bond acceptors (Lipinski definition) is 5. The van der Waals surface area contributed by atoms with Crippen LogP contribution in [-0.2, 0) is 16.6 Å². The van der Waals surface area contributed by atoms with Gasteiger partial charge in [-0.15, -0.1) is 0 Å². The maximum Gasteiger partial charge on any atom is 0.329 e. The highest BCUT2D eigenvalue weighted by atomic mass is 16.5. The largest absolute Gasteiger partial charge is 0.496 e. The molecule has 0 N–H and O–H groups in total. The second-order valence-corrected chi connectivity index (χ2v) is 10.7. The van der Waals surface area contributed by atoms with Gasteiger partial charge in [-0.2, -0.15) is 0 Å². The lowest BCUT2D eigenvalue weighted by atomic mass is 9.85. The number of piperidine rings is 2. The van der Waals surface area contributed by atoms with Crippen LogP contribution in [0, 0.1) is 5.92 Å². The van der Waals surface area contributed by atoms with E-state index in [0.717, 1.165) is 59.1 Å². The first kappa shape index (κ1) is 24.1. The predicted molar refractivity (Wildman–Crippen MR) is 135 cm³/mol. The lowest BCUT2D eigenvalue weighted by Crippen LogP contribution is -2.45. The molecule has 2 aromatic rings. The number of carbonyl (C=O) groups excluding carboxylic acids is 2. The summed E-state index contributed by atoms with van der Waals surface area (Å²) in [5.41, 5.74) is 2.46. The van der Waals surface area contributed by atoms with Crippen molar-refractivity contribution in [3.05, 3.63) is 28.2 Å². The van der Waals surface area contributed by atoms with Crippen LogP contribution in [0.15, 0.2) is 16.9 Å². The topological polar surface area (TPSA) is 76.8 Å². The van der Waals surface area contributed by atoms with Crippen LogP contribution >= 0.6 is 0 Å². The number of nitrogens with zero attached hydrogens (tertiary/aromatic N) is 4. The Labute approximate surface area is 206 Å². The molecule has 2 amide bonds. The molecule has 2 aliphatic heterocycles. The molecule has 2 saturated heterocycles. The molecule has 3 heterocycles. The van der Waals surface area contributed by atoms with Crippen LogP contribution in [0.3, 0.4) is 0 Å². The molecule has 1 saturated carbocycles. The minimum atomic E-state index is -0.660. The molecule has 1 aromatic carbocycles. The minimum Gasteiger partial charge on any atom is -0.496 e. The first-order valence-electron chi connectivity index (χ1n) is 13.2. The molecule has 0 bridgehead atoms. The number of likely N-dealkylation sites (N-methyl/N-ethyl adjacent to an activating group) is 1. The molecule has 1 unspecified atom stereocenters. The quantitative estimate of drug-likeness (QED) is 0.611. The molecule has 1 aromatic heterocycles. The number of rotatable bonds is 5. The maximum absolute atomic E-state index is 13.5. The molecule has 3 aliphatic rings. The van der Waals surface area contributed by atoms with Crippen molar-refractivity contribution in [3.8, 4) is 5.75 Å². The van der Waals surface area contributed by atoms with Crippen molar-refractivity contribution < 1.29 is 14.3 Å². The van der Waals surface area contributed by atoms with Crippen molar-refractivity contribution >= 4 is 22.8 Å². The zero-order chi connectivity index (χ0) is 24.7. The van der Waals surface area contributed by atoms with Gasteiger partial charge in [0.2, 0.25) is 5.91 Å². The average Bonchev–Trinajstić information content (AvgIpc) is 3.13. The standard InChI is InChI=1S/C27H38N4O4/c1-28-23(32)12-10-21(26(28)33)31-20-9-11-22(35-3)24(25(20)29(2)27(31)34)19-13-15-30(16-14-19)17-18-7-5-4-6-8-18/h9,11,18-19,21H,4-8,10,12-17H2,1-3H3. The number of aromatic nitrogens is 2. The van der Waals surface area contributed by atoms with Gasteiger partial charge in [-0.1, -0.05) is 19.3 Å². The fourth-order valence-corrected chi connectivity index (χ4v) is 6.64. The molecule has 1 atom stereocenters. The Morgan fingerprint density at radius 2 is 1.66 bits per heavy atom. The van der Waals surface area contributed by atoms with Crippen molar-refractivity contribution in [1.29, 1.82) is 0 Å². The molecular weight excluding hydrogens is 444 g/mol. The summed E-state index contributed by atoms with van der Waals surface area (Å²) in [7, 11) is 4.97. The van der Waals surface area contributed by atoms with Crippen LogP contribution in [0.1, 0.15) is 75.3 Å². The van der Waals surface area contributed by atoms with E-state index in [0.29, 0.717) is 12.3 Å². The number of imidazole rings is 1. The van der Waals surface area contributed by atoms with Crippen molar-refractivity contribution in [2.24, 2.45) is 13.0 Å². The van der Waals surface area contributed by atoms with E-state index in [4.69, 9.17) is 4.74 Å². The van der Waals surface area contributed by atoms with Crippen LogP contribution < -0.4 is 10.4 Å². The first-order chi connectivity index (χ1) is 16.9. The summed E-state index contributed by atoms with van der Waals surface area (Å²) < 4.78 is 9.07. The molecule has 3 fully saturated rings. The van der Waals surface area contributed by atoms with Crippen molar-refractivity contribution in [2.75, 3.05) is 33.8 Å². The van der Waals surface area contributed by atoms with Gasteiger partial charge in [0.25, 0.3) is 5.91 Å². The molecule has 8 heteroatoms. The van der Waals surface area contributed by atoms with Gasteiger partial charge in [-0.25, -0.2) is 4.79 Å². The molecule has 35 heavy (non-hydrogen) atoms. The number of ether oxygens (including phenoxy) is 1. The van der Waals surface area contributed by atoms with Crippen LogP contribution in [0.25, 0.3) is 11.0 Å². The van der Waals surface area contributed by atoms with Gasteiger partial charge >= 0.3 is 5.69 Å². The highest BCUT2D eigenvalue weighted by Gasteiger charge is 2.36. The predicted octanol–water partition coefficient (Wildman–Crippen LogP) is 3.43. The van der Waals surface area contributed by atoms with E-state index in [1.807, 2.05) is 12.1 Å². The Morgan fingerprint density at radius 1 is 0.943 bits per heavy atom. The third kappa shape index (κ3) is 4.30. The molecule has 8 nitrogen and oxygen atoms in total. The molecular formula is C27H38N4O4. The fraction of sp³-hybridized carbons (Fsp3) is 0.667. The Morgan fingerprint density at radius 3 is 2.34 bits per heavy atom. The van der Waals surface area contributed by atoms with Gasteiger partial charge < -0.3 is 9.64 Å². The van der Waals surface area contributed by atoms with Gasteiger partial charge in [-0.3, -0.25) is 23.6 Å². The summed E-state index contributed by atoms with van der Waals surface area (Å²) in [5, 5.41) is 0. The van der Waals surface area contributed by atoms with Crippen molar-refractivity contribution in [2.45, 2.75) is 69.7 Å². The number of methoxy groups -OCH3 is 1. The van der Waals surface area contributed by atoms with E-state index in [2.05, 4.69) is 4.90 Å². The number of imide groups is 1. The summed E-state index contributed by atoms with van der Waals surface area (Å²) in [6.45, 7) is 3.33. The smallest absolute Gasteiger partial charge is 0.329 e. The van der Waals surface area contributed by atoms with E-state index in [1.165, 1.54) is 45.7 Å². The highest BCUT2D eigenvalue weighted by molar-refractivity contribution is 6.00. The summed E-state index contributed by atoms with van der Waals surface area (Å²) in [6, 6.07) is 3.16. The van der Waals surface area contributed by atoms with Gasteiger partial charge in [0, 0.05) is 32.6 Å².